The molecule has 1 atom stereocenters. The predicted octanol–water partition coefficient (Wildman–Crippen LogP) is 4.25. The number of benzene rings is 2. The quantitative estimate of drug-likeness (QED) is 0.290. The van der Waals surface area contributed by atoms with E-state index in [1.165, 1.54) is 6.33 Å². The molecule has 1 fully saturated rings. The highest BCUT2D eigenvalue weighted by molar-refractivity contribution is 6.03. The molecule has 1 amide bonds. The first-order chi connectivity index (χ1) is 20.0. The molecule has 1 aliphatic rings. The van der Waals surface area contributed by atoms with Gasteiger partial charge in [-0.25, -0.2) is 9.97 Å². The van der Waals surface area contributed by atoms with Crippen molar-refractivity contribution in [3.05, 3.63) is 78.8 Å². The number of nitrogens with two attached hydrogens (primary N) is 1. The molecule has 3 heterocycles. The molecule has 5 rings (SSSR count). The lowest BCUT2D eigenvalue weighted by molar-refractivity contribution is -0.125. The predicted molar refractivity (Wildman–Crippen MR) is 157 cm³/mol. The molecule has 2 aromatic heterocycles. The molecule has 41 heavy (non-hydrogen) atoms. The van der Waals surface area contributed by atoms with E-state index in [1.54, 1.807) is 13.2 Å². The van der Waals surface area contributed by atoms with Gasteiger partial charge in [-0.1, -0.05) is 36.4 Å². The standard InChI is InChI=1S/C31H33N7O3/c1-36(17-18-40-2)15-6-9-27(39)37-16-14-23(20-37)38-26(19-32)28(29-30(33)34-21-35-31(29)38)22-10-12-25(13-11-22)41-24-7-4-3-5-8-24/h3-13,21,23H,14-18,20H2,1-2H3,(H2,33,34,35)/b9-6+/t23-/m1/s1. The van der Waals surface area contributed by atoms with Crippen molar-refractivity contribution < 1.29 is 14.3 Å². The Hall–Kier alpha value is -4.72. The number of fused-ring (bicyclic) bond motifs is 1. The molecule has 2 aromatic carbocycles. The highest BCUT2D eigenvalue weighted by atomic mass is 16.5. The summed E-state index contributed by atoms with van der Waals surface area (Å²) in [4.78, 5) is 25.6. The molecule has 0 bridgehead atoms. The van der Waals surface area contributed by atoms with Gasteiger partial charge in [0.25, 0.3) is 0 Å². The number of likely N-dealkylation sites (tertiary alicyclic amines) is 1. The van der Waals surface area contributed by atoms with Crippen molar-refractivity contribution in [2.24, 2.45) is 0 Å². The van der Waals surface area contributed by atoms with Crippen molar-refractivity contribution in [2.75, 3.05) is 52.7 Å². The third kappa shape index (κ3) is 6.06. The van der Waals surface area contributed by atoms with Gasteiger partial charge >= 0.3 is 0 Å². The van der Waals surface area contributed by atoms with Crippen molar-refractivity contribution in [3.63, 3.8) is 0 Å². The number of nitrogens with zero attached hydrogens (tertiary/aromatic N) is 6. The highest BCUT2D eigenvalue weighted by Crippen LogP contribution is 2.40. The SMILES string of the molecule is COCCN(C)C/C=C/C(=O)N1CC[C@@H](n2c(C#N)c(-c3ccc(Oc4ccccc4)cc3)c3c(N)ncnc32)C1. The van der Waals surface area contributed by atoms with Gasteiger partial charge in [-0.05, 0) is 43.3 Å². The van der Waals surface area contributed by atoms with E-state index in [9.17, 15) is 10.1 Å². The molecule has 10 heteroatoms. The van der Waals surface area contributed by atoms with E-state index in [1.807, 2.05) is 77.2 Å². The molecular formula is C31H33N7O3. The molecule has 0 unspecified atom stereocenters. The van der Waals surface area contributed by atoms with Crippen LogP contribution in [-0.4, -0.2) is 77.2 Å². The van der Waals surface area contributed by atoms with Crippen LogP contribution in [0.4, 0.5) is 5.82 Å². The maximum absolute atomic E-state index is 12.9. The van der Waals surface area contributed by atoms with Crippen molar-refractivity contribution >= 4 is 22.8 Å². The average molecular weight is 552 g/mol. The van der Waals surface area contributed by atoms with Gasteiger partial charge < -0.3 is 29.6 Å². The maximum Gasteiger partial charge on any atom is 0.246 e. The van der Waals surface area contributed by atoms with Crippen LogP contribution in [0, 0.1) is 11.3 Å². The molecule has 1 saturated heterocycles. The van der Waals surface area contributed by atoms with Gasteiger partial charge in [-0.3, -0.25) is 4.79 Å². The van der Waals surface area contributed by atoms with Crippen molar-refractivity contribution in [3.8, 4) is 28.7 Å². The number of hydrogen-bond acceptors (Lipinski definition) is 8. The summed E-state index contributed by atoms with van der Waals surface area (Å²) in [5.41, 5.74) is 8.87. The summed E-state index contributed by atoms with van der Waals surface area (Å²) in [6.07, 6.45) is 5.60. The Morgan fingerprint density at radius 3 is 2.66 bits per heavy atom. The summed E-state index contributed by atoms with van der Waals surface area (Å²) in [5.74, 6) is 1.66. The van der Waals surface area contributed by atoms with E-state index >= 15 is 0 Å². The van der Waals surface area contributed by atoms with Crippen LogP contribution < -0.4 is 10.5 Å². The number of aromatic nitrogens is 3. The molecule has 0 spiro atoms. The first-order valence-corrected chi connectivity index (χ1v) is 13.5. The fourth-order valence-corrected chi connectivity index (χ4v) is 5.15. The number of hydrogen-bond donors (Lipinski definition) is 1. The Morgan fingerprint density at radius 1 is 1.17 bits per heavy atom. The Bertz CT molecular complexity index is 1580. The van der Waals surface area contributed by atoms with Gasteiger partial charge in [-0.2, -0.15) is 5.26 Å². The zero-order valence-electron chi connectivity index (χ0n) is 23.2. The van der Waals surface area contributed by atoms with Gasteiger partial charge in [0.05, 0.1) is 18.0 Å². The summed E-state index contributed by atoms with van der Waals surface area (Å²) < 4.78 is 13.0. The molecule has 0 aliphatic carbocycles. The van der Waals surface area contributed by atoms with Crippen LogP contribution in [-0.2, 0) is 9.53 Å². The van der Waals surface area contributed by atoms with Crippen LogP contribution in [0.25, 0.3) is 22.2 Å². The summed E-state index contributed by atoms with van der Waals surface area (Å²) in [7, 11) is 3.65. The number of anilines is 1. The van der Waals surface area contributed by atoms with Crippen molar-refractivity contribution in [1.82, 2.24) is 24.3 Å². The molecule has 2 N–H and O–H groups in total. The van der Waals surface area contributed by atoms with Crippen LogP contribution in [0.15, 0.2) is 73.1 Å². The molecule has 0 radical (unpaired) electrons. The van der Waals surface area contributed by atoms with Crippen LogP contribution in [0.1, 0.15) is 18.2 Å². The van der Waals surface area contributed by atoms with E-state index in [2.05, 4.69) is 20.9 Å². The Labute approximate surface area is 239 Å². The Balaban J connectivity index is 1.41. The topological polar surface area (TPSA) is 123 Å². The summed E-state index contributed by atoms with van der Waals surface area (Å²) in [6.45, 7) is 3.13. The largest absolute Gasteiger partial charge is 0.457 e. The lowest BCUT2D eigenvalue weighted by atomic mass is 10.0. The molecular weight excluding hydrogens is 518 g/mol. The Morgan fingerprint density at radius 2 is 1.93 bits per heavy atom. The average Bonchev–Trinajstić information content (AvgIpc) is 3.60. The fraction of sp³-hybridized carbons (Fsp3) is 0.290. The minimum Gasteiger partial charge on any atom is -0.457 e. The van der Waals surface area contributed by atoms with E-state index in [-0.39, 0.29) is 11.9 Å². The third-order valence-electron chi connectivity index (χ3n) is 7.24. The van der Waals surface area contributed by atoms with Gasteiger partial charge in [0.15, 0.2) is 0 Å². The Kier molecular flexibility index (Phi) is 8.58. The number of nitrogen functional groups attached to an aromatic ring is 1. The van der Waals surface area contributed by atoms with Crippen LogP contribution in [0.2, 0.25) is 0 Å². The minimum absolute atomic E-state index is 0.0500. The number of carbonyl (C=O) groups is 1. The number of methoxy groups -OCH3 is 1. The first kappa shape index (κ1) is 27.8. The zero-order chi connectivity index (χ0) is 28.8. The molecule has 0 saturated carbocycles. The van der Waals surface area contributed by atoms with Gasteiger partial charge in [0, 0.05) is 44.9 Å². The van der Waals surface area contributed by atoms with Crippen LogP contribution in [0.3, 0.4) is 0 Å². The summed E-state index contributed by atoms with van der Waals surface area (Å²) in [5, 5.41) is 11.0. The van der Waals surface area contributed by atoms with E-state index in [0.29, 0.717) is 66.5 Å². The number of likely N-dealkylation sites (N-methyl/N-ethyl adjacent to an activating group) is 1. The second-order valence-corrected chi connectivity index (χ2v) is 9.99. The number of carbonyl (C=O) groups excluding carboxylic acids is 1. The van der Waals surface area contributed by atoms with Crippen molar-refractivity contribution in [1.29, 1.82) is 5.26 Å². The molecule has 4 aromatic rings. The third-order valence-corrected chi connectivity index (χ3v) is 7.24. The van der Waals surface area contributed by atoms with Crippen LogP contribution >= 0.6 is 0 Å². The van der Waals surface area contributed by atoms with Crippen LogP contribution in [0.5, 0.6) is 11.5 Å². The first-order valence-electron chi connectivity index (χ1n) is 13.5. The van der Waals surface area contributed by atoms with E-state index < -0.39 is 0 Å². The highest BCUT2D eigenvalue weighted by Gasteiger charge is 2.32. The lowest BCUT2D eigenvalue weighted by Gasteiger charge is -2.17. The fourth-order valence-electron chi connectivity index (χ4n) is 5.15. The van der Waals surface area contributed by atoms with Gasteiger partial charge in [0.1, 0.15) is 41.1 Å². The summed E-state index contributed by atoms with van der Waals surface area (Å²) in [6, 6.07) is 19.3. The molecule has 210 valence electrons. The molecule has 10 nitrogen and oxygen atoms in total. The monoisotopic (exact) mass is 551 g/mol. The molecule has 1 aliphatic heterocycles. The number of nitriles is 1. The maximum atomic E-state index is 12.9. The van der Waals surface area contributed by atoms with E-state index in [4.69, 9.17) is 15.2 Å². The van der Waals surface area contributed by atoms with Gasteiger partial charge in [-0.15, -0.1) is 0 Å². The smallest absolute Gasteiger partial charge is 0.246 e. The number of ether oxygens (including phenoxy) is 2. The zero-order valence-corrected chi connectivity index (χ0v) is 23.2. The minimum atomic E-state index is -0.127. The number of para-hydroxylation sites is 1. The number of rotatable bonds is 10. The van der Waals surface area contributed by atoms with Gasteiger partial charge in [0.2, 0.25) is 5.91 Å². The lowest BCUT2D eigenvalue weighted by Crippen LogP contribution is -2.28. The second-order valence-electron chi connectivity index (χ2n) is 9.99. The number of amides is 1. The summed E-state index contributed by atoms with van der Waals surface area (Å²) >= 11 is 0. The normalized spacial score (nSPS) is 15.2. The van der Waals surface area contributed by atoms with Crippen molar-refractivity contribution in [2.45, 2.75) is 12.5 Å². The van der Waals surface area contributed by atoms with E-state index in [0.717, 1.165) is 17.9 Å². The second kappa shape index (κ2) is 12.6.